The van der Waals surface area contributed by atoms with Crippen LogP contribution in [0.5, 0.6) is 5.75 Å². The molecule has 7 heteroatoms. The molecule has 0 atom stereocenters. The second-order valence-electron chi connectivity index (χ2n) is 4.27. The molecule has 0 spiro atoms. The Morgan fingerprint density at radius 2 is 2.05 bits per heavy atom. The molecule has 0 aliphatic carbocycles. The number of thiophene rings is 1. The quantitative estimate of drug-likeness (QED) is 0.468. The van der Waals surface area contributed by atoms with E-state index in [0.29, 0.717) is 39.4 Å². The highest BCUT2D eigenvalue weighted by Gasteiger charge is 2.11. The molecule has 1 aromatic carbocycles. The summed E-state index contributed by atoms with van der Waals surface area (Å²) in [6, 6.07) is 7.25. The van der Waals surface area contributed by atoms with E-state index < -0.39 is 0 Å². The van der Waals surface area contributed by atoms with Gasteiger partial charge < -0.3 is 4.74 Å². The Hall–Kier alpha value is -1.27. The summed E-state index contributed by atoms with van der Waals surface area (Å²) in [6.07, 6.45) is 1.09. The molecule has 1 aromatic heterocycles. The Balaban J connectivity index is 2.01. The zero-order chi connectivity index (χ0) is 15.2. The topological polar surface area (TPSA) is 49.8 Å². The fraction of sp³-hybridized carbons (Fsp3) is 0.214. The normalized spacial score (nSPS) is 10.4. The lowest BCUT2D eigenvalue weighted by Crippen LogP contribution is -2.15. The van der Waals surface area contributed by atoms with Crippen molar-refractivity contribution in [2.45, 2.75) is 13.0 Å². The van der Waals surface area contributed by atoms with Gasteiger partial charge in [0.15, 0.2) is 5.75 Å². The minimum atomic E-state index is 0.0123. The van der Waals surface area contributed by atoms with Gasteiger partial charge in [0.05, 0.1) is 23.2 Å². The van der Waals surface area contributed by atoms with Crippen LogP contribution in [0, 0.1) is 0 Å². The number of benzene rings is 1. The summed E-state index contributed by atoms with van der Waals surface area (Å²) in [5, 5.41) is 12.4. The van der Waals surface area contributed by atoms with Crippen molar-refractivity contribution in [3.8, 4) is 5.75 Å². The lowest BCUT2D eigenvalue weighted by molar-refractivity contribution is -0.152. The van der Waals surface area contributed by atoms with Crippen molar-refractivity contribution in [3.05, 3.63) is 50.1 Å². The third kappa shape index (κ3) is 4.61. The van der Waals surface area contributed by atoms with Gasteiger partial charge >= 0.3 is 0 Å². The van der Waals surface area contributed by atoms with Gasteiger partial charge in [0.25, 0.3) is 0 Å². The van der Waals surface area contributed by atoms with Crippen LogP contribution in [-0.2, 0) is 17.8 Å². The van der Waals surface area contributed by atoms with Crippen molar-refractivity contribution in [2.75, 3.05) is 6.61 Å². The second kappa shape index (κ2) is 7.66. The van der Waals surface area contributed by atoms with Gasteiger partial charge in [-0.25, -0.2) is 5.06 Å². The summed E-state index contributed by atoms with van der Waals surface area (Å²) < 4.78 is 5.62. The Kier molecular flexibility index (Phi) is 5.87. The standard InChI is InChI=1S/C14H13Cl2NO3S/c15-12-6-10(8-17(19)9-18)7-13(16)14(12)20-4-3-11-2-1-5-21-11/h1-2,5-7,9,19H,3-4,8H2. The van der Waals surface area contributed by atoms with Gasteiger partial charge in [0, 0.05) is 11.3 Å². The van der Waals surface area contributed by atoms with Crippen molar-refractivity contribution in [2.24, 2.45) is 0 Å². The lowest BCUT2D eigenvalue weighted by atomic mass is 10.2. The molecule has 0 unspecified atom stereocenters. The first-order valence-electron chi connectivity index (χ1n) is 6.14. The van der Waals surface area contributed by atoms with Gasteiger partial charge in [-0.3, -0.25) is 10.0 Å². The zero-order valence-electron chi connectivity index (χ0n) is 11.0. The first-order valence-corrected chi connectivity index (χ1v) is 7.77. The number of hydrogen-bond donors (Lipinski definition) is 1. The van der Waals surface area contributed by atoms with Crippen molar-refractivity contribution in [1.82, 2.24) is 5.06 Å². The smallest absolute Gasteiger partial charge is 0.233 e. The van der Waals surface area contributed by atoms with Crippen molar-refractivity contribution in [3.63, 3.8) is 0 Å². The molecule has 2 rings (SSSR count). The van der Waals surface area contributed by atoms with Gasteiger partial charge in [-0.2, -0.15) is 0 Å². The van der Waals surface area contributed by atoms with Crippen LogP contribution in [0.2, 0.25) is 10.0 Å². The molecule has 0 saturated carbocycles. The highest BCUT2D eigenvalue weighted by Crippen LogP contribution is 2.34. The van der Waals surface area contributed by atoms with Gasteiger partial charge in [-0.05, 0) is 29.1 Å². The third-order valence-corrected chi connectivity index (χ3v) is 4.20. The van der Waals surface area contributed by atoms with Crippen LogP contribution >= 0.6 is 34.5 Å². The number of hydrogen-bond acceptors (Lipinski definition) is 4. The molecule has 1 heterocycles. The van der Waals surface area contributed by atoms with Crippen LogP contribution in [0.4, 0.5) is 0 Å². The van der Waals surface area contributed by atoms with E-state index in [-0.39, 0.29) is 6.54 Å². The van der Waals surface area contributed by atoms with Crippen LogP contribution in [0.3, 0.4) is 0 Å². The van der Waals surface area contributed by atoms with Crippen LogP contribution in [-0.4, -0.2) is 23.3 Å². The Labute approximate surface area is 136 Å². The largest absolute Gasteiger partial charge is 0.490 e. The molecule has 2 aromatic rings. The van der Waals surface area contributed by atoms with E-state index in [1.54, 1.807) is 23.5 Å². The van der Waals surface area contributed by atoms with Crippen molar-refractivity contribution in [1.29, 1.82) is 0 Å². The number of hydroxylamine groups is 2. The number of ether oxygens (including phenoxy) is 1. The Morgan fingerprint density at radius 3 is 2.62 bits per heavy atom. The summed E-state index contributed by atoms with van der Waals surface area (Å²) in [5.41, 5.74) is 0.616. The maximum absolute atomic E-state index is 10.4. The molecular weight excluding hydrogens is 333 g/mol. The van der Waals surface area contributed by atoms with Gasteiger partial charge in [0.2, 0.25) is 6.41 Å². The van der Waals surface area contributed by atoms with Crippen LogP contribution in [0.15, 0.2) is 29.6 Å². The van der Waals surface area contributed by atoms with E-state index in [1.807, 2.05) is 17.5 Å². The summed E-state index contributed by atoms with van der Waals surface area (Å²) in [7, 11) is 0. The number of halogens is 2. The fourth-order valence-electron chi connectivity index (χ4n) is 1.77. The maximum Gasteiger partial charge on any atom is 0.233 e. The Morgan fingerprint density at radius 1 is 1.33 bits per heavy atom. The van der Waals surface area contributed by atoms with Crippen molar-refractivity contribution >= 4 is 40.9 Å². The summed E-state index contributed by atoms with van der Waals surface area (Å²) in [6.45, 7) is 0.484. The van der Waals surface area contributed by atoms with Crippen LogP contribution in [0.25, 0.3) is 0 Å². The predicted molar refractivity (Wildman–Crippen MR) is 83.4 cm³/mol. The number of carbonyl (C=O) groups is 1. The van der Waals surface area contributed by atoms with Crippen LogP contribution < -0.4 is 4.74 Å². The fourth-order valence-corrected chi connectivity index (χ4v) is 3.11. The summed E-state index contributed by atoms with van der Waals surface area (Å²) >= 11 is 13.9. The van der Waals surface area contributed by atoms with Crippen molar-refractivity contribution < 1.29 is 14.7 Å². The molecule has 0 radical (unpaired) electrons. The molecule has 0 fully saturated rings. The van der Waals surface area contributed by atoms with E-state index >= 15 is 0 Å². The maximum atomic E-state index is 10.4. The Bertz CT molecular complexity index is 581. The van der Waals surface area contributed by atoms with E-state index in [1.165, 1.54) is 4.88 Å². The van der Waals surface area contributed by atoms with E-state index in [9.17, 15) is 4.79 Å². The van der Waals surface area contributed by atoms with Gasteiger partial charge in [-0.15, -0.1) is 11.3 Å². The molecule has 0 aliphatic heterocycles. The van der Waals surface area contributed by atoms with Gasteiger partial charge in [-0.1, -0.05) is 29.3 Å². The van der Waals surface area contributed by atoms with Crippen LogP contribution in [0.1, 0.15) is 10.4 Å². The summed E-state index contributed by atoms with van der Waals surface area (Å²) in [5.74, 6) is 0.411. The highest BCUT2D eigenvalue weighted by molar-refractivity contribution is 7.09. The SMILES string of the molecule is O=CN(O)Cc1cc(Cl)c(OCCc2cccs2)c(Cl)c1. The monoisotopic (exact) mass is 345 g/mol. The first kappa shape index (κ1) is 16.1. The number of amides is 1. The number of rotatable bonds is 7. The predicted octanol–water partition coefficient (Wildman–Crippen LogP) is 4.02. The zero-order valence-corrected chi connectivity index (χ0v) is 13.3. The first-order chi connectivity index (χ1) is 10.1. The molecule has 0 bridgehead atoms. The molecule has 0 saturated heterocycles. The molecule has 112 valence electrons. The van der Waals surface area contributed by atoms with E-state index in [4.69, 9.17) is 33.1 Å². The average Bonchev–Trinajstić information content (AvgIpc) is 2.95. The molecule has 1 N–H and O–H groups in total. The second-order valence-corrected chi connectivity index (χ2v) is 6.12. The minimum Gasteiger partial charge on any atom is -0.490 e. The highest BCUT2D eigenvalue weighted by atomic mass is 35.5. The molecule has 4 nitrogen and oxygen atoms in total. The number of carbonyl (C=O) groups excluding carboxylic acids is 1. The third-order valence-electron chi connectivity index (χ3n) is 2.70. The van der Waals surface area contributed by atoms with E-state index in [0.717, 1.165) is 6.42 Å². The number of nitrogens with zero attached hydrogens (tertiary/aromatic N) is 1. The molecule has 1 amide bonds. The summed E-state index contributed by atoms with van der Waals surface area (Å²) in [4.78, 5) is 11.6. The van der Waals surface area contributed by atoms with Gasteiger partial charge in [0.1, 0.15) is 0 Å². The molecular formula is C14H13Cl2NO3S. The molecule has 0 aliphatic rings. The van der Waals surface area contributed by atoms with E-state index in [2.05, 4.69) is 0 Å². The molecule has 21 heavy (non-hydrogen) atoms. The average molecular weight is 346 g/mol. The minimum absolute atomic E-state index is 0.0123. The lowest BCUT2D eigenvalue weighted by Gasteiger charge is -2.13.